The lowest BCUT2D eigenvalue weighted by Gasteiger charge is -2.28. The number of hydrogen-bond donors (Lipinski definition) is 0. The van der Waals surface area contributed by atoms with Crippen molar-refractivity contribution in [1.29, 1.82) is 0 Å². The Morgan fingerprint density at radius 3 is 2.05 bits per heavy atom. The summed E-state index contributed by atoms with van der Waals surface area (Å²) in [6.45, 7) is 2.21. The van der Waals surface area contributed by atoms with Gasteiger partial charge >= 0.3 is 6.11 Å². The number of ether oxygens (including phenoxy) is 1. The predicted octanol–water partition coefficient (Wildman–Crippen LogP) is 9.87. The van der Waals surface area contributed by atoms with E-state index >= 15 is 0 Å². The van der Waals surface area contributed by atoms with E-state index in [-0.39, 0.29) is 23.6 Å². The highest BCUT2D eigenvalue weighted by molar-refractivity contribution is 5.33. The van der Waals surface area contributed by atoms with Crippen molar-refractivity contribution in [2.24, 2.45) is 11.8 Å². The van der Waals surface area contributed by atoms with Crippen LogP contribution in [0.25, 0.3) is 0 Å². The van der Waals surface area contributed by atoms with Crippen LogP contribution in [0.2, 0.25) is 0 Å². The molecule has 0 radical (unpaired) electrons. The van der Waals surface area contributed by atoms with Crippen LogP contribution in [0.4, 0.5) is 30.7 Å². The number of allylic oxidation sites excluding steroid dienone is 4. The minimum Gasteiger partial charge on any atom is -0.429 e. The summed E-state index contributed by atoms with van der Waals surface area (Å²) in [6.07, 6.45) is 11.0. The molecule has 0 N–H and O–H groups in total. The fraction of sp³-hybridized carbons (Fsp3) is 0.467. The summed E-state index contributed by atoms with van der Waals surface area (Å²) < 4.78 is 103. The Morgan fingerprint density at radius 2 is 1.50 bits per heavy atom. The smallest absolute Gasteiger partial charge is 0.429 e. The van der Waals surface area contributed by atoms with Gasteiger partial charge in [0.2, 0.25) is 0 Å². The van der Waals surface area contributed by atoms with Crippen LogP contribution in [0.3, 0.4) is 0 Å². The van der Waals surface area contributed by atoms with Crippen LogP contribution in [0, 0.1) is 40.9 Å². The molecule has 2 aromatic carbocycles. The normalized spacial score (nSPS) is 22.5. The molecule has 2 aliphatic rings. The molecule has 1 nitrogen and oxygen atoms in total. The van der Waals surface area contributed by atoms with Gasteiger partial charge in [0.25, 0.3) is 0 Å². The highest BCUT2D eigenvalue weighted by Crippen LogP contribution is 2.41. The fourth-order valence-electron chi connectivity index (χ4n) is 5.53. The molecule has 1 atom stereocenters. The summed E-state index contributed by atoms with van der Waals surface area (Å²) in [5.74, 6) is -8.63. The van der Waals surface area contributed by atoms with Crippen LogP contribution in [0.15, 0.2) is 48.1 Å². The van der Waals surface area contributed by atoms with E-state index in [4.69, 9.17) is 0 Å². The molecule has 0 amide bonds. The van der Waals surface area contributed by atoms with Gasteiger partial charge in [0, 0.05) is 12.1 Å². The Labute approximate surface area is 218 Å². The SMILES string of the molecule is CCCC1CC=C(/C=C/C2CCC(c3cc(F)c(C(F)(F)Oc4cc(F)c(F)c(F)c4)c(F)c3)CC2)CC1. The van der Waals surface area contributed by atoms with Gasteiger partial charge in [-0.05, 0) is 80.4 Å². The molecule has 0 aliphatic heterocycles. The maximum atomic E-state index is 14.7. The minimum absolute atomic E-state index is 0.178. The summed E-state index contributed by atoms with van der Waals surface area (Å²) in [5, 5.41) is 0. The second-order valence-electron chi connectivity index (χ2n) is 10.4. The van der Waals surface area contributed by atoms with Gasteiger partial charge < -0.3 is 4.74 Å². The van der Waals surface area contributed by atoms with E-state index in [0.717, 1.165) is 43.7 Å². The lowest BCUT2D eigenvalue weighted by atomic mass is 9.78. The number of halogens is 7. The highest BCUT2D eigenvalue weighted by Gasteiger charge is 2.42. The van der Waals surface area contributed by atoms with Crippen LogP contribution in [-0.4, -0.2) is 0 Å². The first-order valence-corrected chi connectivity index (χ1v) is 13.1. The topological polar surface area (TPSA) is 9.23 Å². The predicted molar refractivity (Wildman–Crippen MR) is 131 cm³/mol. The van der Waals surface area contributed by atoms with Crippen molar-refractivity contribution in [3.63, 3.8) is 0 Å². The number of rotatable bonds is 8. The van der Waals surface area contributed by atoms with Gasteiger partial charge in [0.15, 0.2) is 17.5 Å². The molecule has 1 fully saturated rings. The van der Waals surface area contributed by atoms with Gasteiger partial charge in [-0.15, -0.1) is 0 Å². The zero-order chi connectivity index (χ0) is 27.4. The molecule has 0 heterocycles. The fourth-order valence-corrected chi connectivity index (χ4v) is 5.53. The quantitative estimate of drug-likeness (QED) is 0.239. The van der Waals surface area contributed by atoms with Gasteiger partial charge in [-0.2, -0.15) is 8.78 Å². The van der Waals surface area contributed by atoms with Crippen LogP contribution in [0.1, 0.15) is 81.8 Å². The van der Waals surface area contributed by atoms with E-state index in [9.17, 15) is 30.7 Å². The molecular weight excluding hydrogens is 509 g/mol. The van der Waals surface area contributed by atoms with Crippen LogP contribution in [0.5, 0.6) is 5.75 Å². The molecule has 1 saturated carbocycles. The second kappa shape index (κ2) is 12.0. The first-order valence-electron chi connectivity index (χ1n) is 13.1. The molecule has 0 aromatic heterocycles. The molecular formula is C30H31F7O. The summed E-state index contributed by atoms with van der Waals surface area (Å²) >= 11 is 0. The standard InChI is InChI=1S/C30H31F7O/c1-2-3-18-4-6-19(7-5-18)8-9-20-10-12-21(13-11-20)22-14-24(31)28(25(32)15-22)30(36,37)38-23-16-26(33)29(35)27(34)17-23/h6,8-9,14-18,20-21H,2-5,7,10-13H2,1H3/b9-8+. The largest absolute Gasteiger partial charge is 0.432 e. The zero-order valence-corrected chi connectivity index (χ0v) is 21.2. The summed E-state index contributed by atoms with van der Waals surface area (Å²) in [5.41, 5.74) is -0.0452. The maximum Gasteiger partial charge on any atom is 0.432 e. The summed E-state index contributed by atoms with van der Waals surface area (Å²) in [6, 6.07) is 2.08. The molecule has 8 heteroatoms. The molecule has 2 aliphatic carbocycles. The monoisotopic (exact) mass is 540 g/mol. The van der Waals surface area contributed by atoms with Gasteiger partial charge in [0.1, 0.15) is 22.9 Å². The van der Waals surface area contributed by atoms with Crippen LogP contribution in [-0.2, 0) is 6.11 Å². The Morgan fingerprint density at radius 1 is 0.868 bits per heavy atom. The van der Waals surface area contributed by atoms with Crippen LogP contribution < -0.4 is 4.74 Å². The molecule has 0 bridgehead atoms. The average Bonchev–Trinajstić information content (AvgIpc) is 2.86. The lowest BCUT2D eigenvalue weighted by Crippen LogP contribution is -2.26. The third kappa shape index (κ3) is 6.62. The Hall–Kier alpha value is -2.77. The molecule has 0 saturated heterocycles. The second-order valence-corrected chi connectivity index (χ2v) is 10.4. The Balaban J connectivity index is 1.39. The van der Waals surface area contributed by atoms with E-state index in [1.54, 1.807) is 0 Å². The van der Waals surface area contributed by atoms with Gasteiger partial charge in [-0.3, -0.25) is 0 Å². The summed E-state index contributed by atoms with van der Waals surface area (Å²) in [4.78, 5) is 0. The molecule has 1 unspecified atom stereocenters. The first-order chi connectivity index (χ1) is 18.1. The molecule has 2 aromatic rings. The number of hydrogen-bond acceptors (Lipinski definition) is 1. The molecule has 0 spiro atoms. The lowest BCUT2D eigenvalue weighted by molar-refractivity contribution is -0.189. The molecule has 4 rings (SSSR count). The van der Waals surface area contributed by atoms with Crippen molar-refractivity contribution >= 4 is 0 Å². The minimum atomic E-state index is -4.59. The number of alkyl halides is 2. The molecule has 38 heavy (non-hydrogen) atoms. The van der Waals surface area contributed by atoms with E-state index in [2.05, 4.69) is 29.9 Å². The Kier molecular flexibility index (Phi) is 8.89. The van der Waals surface area contributed by atoms with Gasteiger partial charge in [0.05, 0.1) is 0 Å². The third-order valence-electron chi connectivity index (χ3n) is 7.64. The van der Waals surface area contributed by atoms with Gasteiger partial charge in [-0.1, -0.05) is 43.6 Å². The van der Waals surface area contributed by atoms with E-state index in [1.807, 2.05) is 0 Å². The summed E-state index contributed by atoms with van der Waals surface area (Å²) in [7, 11) is 0. The maximum absolute atomic E-state index is 14.7. The van der Waals surface area contributed by atoms with E-state index < -0.39 is 46.5 Å². The highest BCUT2D eigenvalue weighted by atomic mass is 19.3. The van der Waals surface area contributed by atoms with E-state index in [0.29, 0.717) is 18.8 Å². The molecule has 206 valence electrons. The van der Waals surface area contributed by atoms with Crippen molar-refractivity contribution in [2.45, 2.75) is 76.7 Å². The number of benzene rings is 2. The Bertz CT molecular complexity index is 1150. The van der Waals surface area contributed by atoms with Crippen molar-refractivity contribution in [3.05, 3.63) is 88.3 Å². The third-order valence-corrected chi connectivity index (χ3v) is 7.64. The van der Waals surface area contributed by atoms with Crippen molar-refractivity contribution in [2.75, 3.05) is 0 Å². The van der Waals surface area contributed by atoms with Crippen molar-refractivity contribution in [3.8, 4) is 5.75 Å². The van der Waals surface area contributed by atoms with E-state index in [1.165, 1.54) is 24.8 Å². The first kappa shape index (κ1) is 28.2. The van der Waals surface area contributed by atoms with Crippen LogP contribution >= 0.6 is 0 Å². The zero-order valence-electron chi connectivity index (χ0n) is 21.2. The average molecular weight is 541 g/mol. The van der Waals surface area contributed by atoms with Crippen molar-refractivity contribution < 1.29 is 35.5 Å². The van der Waals surface area contributed by atoms with Gasteiger partial charge in [-0.25, -0.2) is 22.0 Å². The van der Waals surface area contributed by atoms with Crippen molar-refractivity contribution in [1.82, 2.24) is 0 Å².